The molecule has 0 aliphatic carbocycles. The molecule has 0 atom stereocenters. The van der Waals surface area contributed by atoms with Gasteiger partial charge in [-0.1, -0.05) is 0 Å². The molecule has 8 heavy (non-hydrogen) atoms. The maximum absolute atomic E-state index is 8.55. The molecular weight excluding hydrogens is 201 g/mol. The third kappa shape index (κ3) is 80.2. The Morgan fingerprint density at radius 1 is 1.12 bits per heavy atom. The predicted octanol–water partition coefficient (Wildman–Crippen LogP) is -5.40. The van der Waals surface area contributed by atoms with E-state index in [1.807, 2.05) is 0 Å². The molecule has 39 valence electrons. The van der Waals surface area contributed by atoms with Crippen molar-refractivity contribution < 1.29 is 97.1 Å². The van der Waals surface area contributed by atoms with Crippen molar-refractivity contribution in [3.8, 4) is 0 Å². The SMILES string of the molecule is O=P([O-])([O-])[O-].[F].[K+].[Ti+4]. The molecule has 1 radical (unpaired) electrons. The molecular formula is FKO4PTi+2. The summed E-state index contributed by atoms with van der Waals surface area (Å²) >= 11 is 0. The van der Waals surface area contributed by atoms with Gasteiger partial charge in [-0.25, -0.2) is 0 Å². The first kappa shape index (κ1) is 22.4. The summed E-state index contributed by atoms with van der Waals surface area (Å²) in [5, 5.41) is 0. The normalized spacial score (nSPS) is 7.38. The van der Waals surface area contributed by atoms with Crippen LogP contribution in [-0.2, 0) is 26.3 Å². The van der Waals surface area contributed by atoms with Crippen LogP contribution in [-0.4, -0.2) is 0 Å². The molecule has 8 heteroatoms. The quantitative estimate of drug-likeness (QED) is 0.289. The summed E-state index contributed by atoms with van der Waals surface area (Å²) in [6.45, 7) is 0. The minimum atomic E-state index is -5.39. The van der Waals surface area contributed by atoms with Crippen LogP contribution in [0.3, 0.4) is 0 Å². The molecule has 0 fully saturated rings. The second-order valence-corrected chi connectivity index (χ2v) is 1.34. The Balaban J connectivity index is -0.0000000267. The van der Waals surface area contributed by atoms with Crippen LogP contribution in [0.2, 0.25) is 0 Å². The van der Waals surface area contributed by atoms with Crippen LogP contribution in [0.1, 0.15) is 0 Å². The van der Waals surface area contributed by atoms with Gasteiger partial charge in [0.05, 0.1) is 0 Å². The van der Waals surface area contributed by atoms with Crippen molar-refractivity contribution in [3.05, 3.63) is 0 Å². The van der Waals surface area contributed by atoms with Crippen molar-refractivity contribution in [3.63, 3.8) is 0 Å². The predicted molar refractivity (Wildman–Crippen MR) is 8.71 cm³/mol. The van der Waals surface area contributed by atoms with Crippen LogP contribution in [0.5, 0.6) is 0 Å². The van der Waals surface area contributed by atoms with Gasteiger partial charge in [-0.15, -0.1) is 0 Å². The van der Waals surface area contributed by atoms with E-state index in [1.165, 1.54) is 0 Å². The third-order valence-corrected chi connectivity index (χ3v) is 0. The minimum Gasteiger partial charge on any atom is -0.822 e. The molecule has 0 aromatic rings. The average Bonchev–Trinajstić information content (AvgIpc) is 0.722. The molecule has 0 unspecified atom stereocenters. The van der Waals surface area contributed by atoms with E-state index in [-0.39, 0.29) is 77.8 Å². The van der Waals surface area contributed by atoms with Crippen LogP contribution in [0.4, 0.5) is 4.70 Å². The Morgan fingerprint density at radius 3 is 1.12 bits per heavy atom. The maximum atomic E-state index is 8.55. The fraction of sp³-hybridized carbons (Fsp3) is 0. The van der Waals surface area contributed by atoms with Crippen LogP contribution in [0, 0.1) is 0 Å². The van der Waals surface area contributed by atoms with Crippen molar-refractivity contribution >= 4 is 7.82 Å². The Morgan fingerprint density at radius 2 is 1.12 bits per heavy atom. The van der Waals surface area contributed by atoms with Crippen LogP contribution in [0.15, 0.2) is 0 Å². The smallest absolute Gasteiger partial charge is 0.822 e. The van der Waals surface area contributed by atoms with E-state index in [1.54, 1.807) is 0 Å². The van der Waals surface area contributed by atoms with E-state index in [0.717, 1.165) is 0 Å². The molecule has 0 aliphatic heterocycles. The first-order valence-corrected chi connectivity index (χ1v) is 2.19. The van der Waals surface area contributed by atoms with Gasteiger partial charge in [-0.05, 0) is 0 Å². The van der Waals surface area contributed by atoms with Crippen molar-refractivity contribution in [2.45, 2.75) is 0 Å². The van der Waals surface area contributed by atoms with Crippen LogP contribution >= 0.6 is 7.82 Å². The van der Waals surface area contributed by atoms with Crippen molar-refractivity contribution in [1.82, 2.24) is 0 Å². The van der Waals surface area contributed by atoms with Gasteiger partial charge >= 0.3 is 73.1 Å². The molecule has 0 aromatic heterocycles. The molecule has 4 nitrogen and oxygen atoms in total. The fourth-order valence-corrected chi connectivity index (χ4v) is 0. The zero-order valence-electron chi connectivity index (χ0n) is 3.96. The Hall–Kier alpha value is 2.39. The van der Waals surface area contributed by atoms with Gasteiger partial charge in [-0.3, -0.25) is 0 Å². The molecule has 0 aromatic carbocycles. The first-order valence-electron chi connectivity index (χ1n) is 0.730. The summed E-state index contributed by atoms with van der Waals surface area (Å²) in [7, 11) is -5.39. The van der Waals surface area contributed by atoms with Gasteiger partial charge in [-0.2, -0.15) is 7.82 Å². The van der Waals surface area contributed by atoms with Crippen molar-refractivity contribution in [1.29, 1.82) is 0 Å². The monoisotopic (exact) mass is 201 g/mol. The van der Waals surface area contributed by atoms with Gasteiger partial charge in [0.1, 0.15) is 0 Å². The van der Waals surface area contributed by atoms with E-state index in [4.69, 9.17) is 19.2 Å². The van der Waals surface area contributed by atoms with Gasteiger partial charge < -0.3 is 19.2 Å². The second kappa shape index (κ2) is 9.39. The number of hydrogen-bond acceptors (Lipinski definition) is 4. The summed E-state index contributed by atoms with van der Waals surface area (Å²) in [5.41, 5.74) is 0. The first-order chi connectivity index (χ1) is 2.00. The molecule has 0 N–H and O–H groups in total. The third-order valence-electron chi connectivity index (χ3n) is 0. The molecule has 0 amide bonds. The van der Waals surface area contributed by atoms with E-state index in [9.17, 15) is 0 Å². The minimum absolute atomic E-state index is 0. The van der Waals surface area contributed by atoms with Crippen molar-refractivity contribution in [2.75, 3.05) is 0 Å². The number of hydrogen-bond donors (Lipinski definition) is 0. The Kier molecular flexibility index (Phi) is 26.3. The molecule has 0 heterocycles. The fourth-order valence-electron chi connectivity index (χ4n) is 0. The van der Waals surface area contributed by atoms with Crippen LogP contribution < -0.4 is 66.1 Å². The van der Waals surface area contributed by atoms with E-state index < -0.39 is 7.82 Å². The van der Waals surface area contributed by atoms with E-state index in [0.29, 0.717) is 0 Å². The molecule has 0 spiro atoms. The molecule has 0 aliphatic rings. The van der Waals surface area contributed by atoms with Gasteiger partial charge in [0.15, 0.2) is 0 Å². The summed E-state index contributed by atoms with van der Waals surface area (Å²) < 4.78 is 8.55. The van der Waals surface area contributed by atoms with Gasteiger partial charge in [0.2, 0.25) is 0 Å². The zero-order valence-corrected chi connectivity index (χ0v) is 9.54. The molecule has 0 saturated heterocycles. The van der Waals surface area contributed by atoms with Crippen LogP contribution in [0.25, 0.3) is 0 Å². The van der Waals surface area contributed by atoms with Gasteiger partial charge in [0.25, 0.3) is 0 Å². The summed E-state index contributed by atoms with van der Waals surface area (Å²) in [5.74, 6) is 0. The summed E-state index contributed by atoms with van der Waals surface area (Å²) in [4.78, 5) is 25.6. The Bertz CT molecular complexity index is 62.2. The zero-order chi connectivity index (χ0) is 4.50. The summed E-state index contributed by atoms with van der Waals surface area (Å²) in [6.07, 6.45) is 0. The number of halogens is 1. The molecule has 0 bridgehead atoms. The standard InChI is InChI=1S/F.K.H3O4P.Ti/c;;1-5(2,3)4;/h;;(H3,1,2,3,4);/q;+1;;+4/p-3. The Labute approximate surface area is 103 Å². The topological polar surface area (TPSA) is 86.2 Å². The number of phosphoric acid groups is 1. The number of rotatable bonds is 0. The average molecular weight is 201 g/mol. The van der Waals surface area contributed by atoms with E-state index in [2.05, 4.69) is 0 Å². The maximum Gasteiger partial charge on any atom is 4.00 e. The summed E-state index contributed by atoms with van der Waals surface area (Å²) in [6, 6.07) is 0. The molecule has 0 saturated carbocycles. The second-order valence-electron chi connectivity index (χ2n) is 0.447. The van der Waals surface area contributed by atoms with Crippen molar-refractivity contribution in [2.24, 2.45) is 0 Å². The van der Waals surface area contributed by atoms with Gasteiger partial charge in [0, 0.05) is 4.70 Å². The molecule has 0 rings (SSSR count). The van der Waals surface area contributed by atoms with E-state index >= 15 is 0 Å². The largest absolute Gasteiger partial charge is 4.00 e.